The van der Waals surface area contributed by atoms with Crippen molar-refractivity contribution in [2.24, 2.45) is 11.1 Å². The van der Waals surface area contributed by atoms with Gasteiger partial charge in [0.05, 0.1) is 18.1 Å². The van der Waals surface area contributed by atoms with E-state index in [0.29, 0.717) is 29.0 Å². The summed E-state index contributed by atoms with van der Waals surface area (Å²) in [5.41, 5.74) is 10.7. The first-order valence-corrected chi connectivity index (χ1v) is 11.6. The molecule has 2 aromatic carbocycles. The normalized spacial score (nSPS) is 20.1. The van der Waals surface area contributed by atoms with Crippen LogP contribution in [0.4, 0.5) is 5.69 Å². The second-order valence-corrected chi connectivity index (χ2v) is 9.85. The third-order valence-electron chi connectivity index (χ3n) is 6.26. The van der Waals surface area contributed by atoms with Gasteiger partial charge < -0.3 is 10.5 Å². The topological polar surface area (TPSA) is 72.6 Å². The Morgan fingerprint density at radius 3 is 2.45 bits per heavy atom. The maximum Gasteiger partial charge on any atom is 0.338 e. The molecule has 6 heteroatoms. The number of anilines is 1. The highest BCUT2D eigenvalue weighted by Gasteiger charge is 2.47. The summed E-state index contributed by atoms with van der Waals surface area (Å²) in [6.45, 7) is 8.11. The second-order valence-electron chi connectivity index (χ2n) is 9.45. The van der Waals surface area contributed by atoms with Gasteiger partial charge >= 0.3 is 5.97 Å². The lowest BCUT2D eigenvalue weighted by atomic mass is 9.68. The van der Waals surface area contributed by atoms with E-state index in [1.165, 1.54) is 0 Å². The van der Waals surface area contributed by atoms with Crippen molar-refractivity contribution in [1.82, 2.24) is 0 Å². The molecule has 0 radical (unpaired) electrons. The van der Waals surface area contributed by atoms with Crippen LogP contribution < -0.4 is 10.6 Å². The number of Topliss-reactive ketones (excluding diaryl/α,β-unsaturated/α-hetero) is 1. The summed E-state index contributed by atoms with van der Waals surface area (Å²) < 4.78 is 5.42. The Kier molecular flexibility index (Phi) is 6.10. The molecule has 1 aliphatic carbocycles. The van der Waals surface area contributed by atoms with Gasteiger partial charge in [0, 0.05) is 28.4 Å². The molecular weight excluding hydrogens is 436 g/mol. The number of carbonyl (C=O) groups excluding carboxylic acids is 2. The first-order valence-electron chi connectivity index (χ1n) is 11.2. The van der Waals surface area contributed by atoms with Gasteiger partial charge in [0.25, 0.3) is 0 Å². The standard InChI is InChI=1S/C27H29ClN2O3/c1-5-33-26(32)24-22(18-8-6-7-9-19(18)28)23-20(14-27(3,4)15-21(23)31)30(25(24)29)17-12-10-16(2)11-13-17/h6-13,22H,5,14-15,29H2,1-4H3. The number of halogens is 1. The van der Waals surface area contributed by atoms with Crippen molar-refractivity contribution < 1.29 is 14.3 Å². The average molecular weight is 465 g/mol. The minimum Gasteiger partial charge on any atom is -0.463 e. The van der Waals surface area contributed by atoms with Crippen LogP contribution in [-0.2, 0) is 14.3 Å². The van der Waals surface area contributed by atoms with Crippen LogP contribution in [0.3, 0.4) is 0 Å². The lowest BCUT2D eigenvalue weighted by Crippen LogP contribution is -2.43. The summed E-state index contributed by atoms with van der Waals surface area (Å²) in [6.07, 6.45) is 1.02. The van der Waals surface area contributed by atoms with Crippen molar-refractivity contribution in [3.8, 4) is 0 Å². The van der Waals surface area contributed by atoms with E-state index in [2.05, 4.69) is 13.8 Å². The van der Waals surface area contributed by atoms with Crippen LogP contribution in [0.25, 0.3) is 0 Å². The van der Waals surface area contributed by atoms with E-state index in [1.54, 1.807) is 13.0 Å². The minimum atomic E-state index is -0.682. The number of hydrogen-bond donors (Lipinski definition) is 1. The number of nitrogens with zero attached hydrogens (tertiary/aromatic N) is 1. The van der Waals surface area contributed by atoms with E-state index in [9.17, 15) is 9.59 Å². The summed E-state index contributed by atoms with van der Waals surface area (Å²) in [5.74, 6) is -0.955. The Hall–Kier alpha value is -3.05. The lowest BCUT2D eigenvalue weighted by molar-refractivity contribution is -0.138. The van der Waals surface area contributed by atoms with Crippen molar-refractivity contribution >= 4 is 29.0 Å². The SMILES string of the molecule is CCOC(=O)C1=C(N)N(c2ccc(C)cc2)C2=C(C(=O)CC(C)(C)C2)C1c1ccccc1Cl. The van der Waals surface area contributed by atoms with E-state index in [1.807, 2.05) is 54.3 Å². The number of benzene rings is 2. The largest absolute Gasteiger partial charge is 0.463 e. The van der Waals surface area contributed by atoms with Crippen LogP contribution in [-0.4, -0.2) is 18.4 Å². The smallest absolute Gasteiger partial charge is 0.338 e. The van der Waals surface area contributed by atoms with E-state index in [0.717, 1.165) is 16.9 Å². The molecule has 2 aliphatic rings. The summed E-state index contributed by atoms with van der Waals surface area (Å²) >= 11 is 6.60. The molecule has 33 heavy (non-hydrogen) atoms. The number of ketones is 1. The van der Waals surface area contributed by atoms with Crippen LogP contribution in [0, 0.1) is 12.3 Å². The fourth-order valence-corrected chi connectivity index (χ4v) is 5.07. The Morgan fingerprint density at radius 1 is 1.15 bits per heavy atom. The highest BCUT2D eigenvalue weighted by Crippen LogP contribution is 2.51. The van der Waals surface area contributed by atoms with Crippen LogP contribution in [0.5, 0.6) is 0 Å². The first-order chi connectivity index (χ1) is 15.6. The highest BCUT2D eigenvalue weighted by atomic mass is 35.5. The predicted molar refractivity (Wildman–Crippen MR) is 131 cm³/mol. The van der Waals surface area contributed by atoms with Gasteiger partial charge in [0.1, 0.15) is 5.82 Å². The van der Waals surface area contributed by atoms with Crippen LogP contribution >= 0.6 is 11.6 Å². The monoisotopic (exact) mass is 464 g/mol. The second kappa shape index (κ2) is 8.71. The quantitative estimate of drug-likeness (QED) is 0.593. The van der Waals surface area contributed by atoms with Gasteiger partial charge in [-0.25, -0.2) is 4.79 Å². The fourth-order valence-electron chi connectivity index (χ4n) is 4.83. The number of esters is 1. The third-order valence-corrected chi connectivity index (χ3v) is 6.61. The van der Waals surface area contributed by atoms with Gasteiger partial charge in [-0.15, -0.1) is 0 Å². The number of carbonyl (C=O) groups is 2. The molecule has 1 unspecified atom stereocenters. The minimum absolute atomic E-state index is 0.00224. The molecule has 2 aromatic rings. The molecule has 172 valence electrons. The van der Waals surface area contributed by atoms with Gasteiger partial charge in [0.2, 0.25) is 0 Å². The zero-order valence-electron chi connectivity index (χ0n) is 19.4. The van der Waals surface area contributed by atoms with Crippen molar-refractivity contribution in [1.29, 1.82) is 0 Å². The van der Waals surface area contributed by atoms with Crippen molar-refractivity contribution in [3.63, 3.8) is 0 Å². The number of ether oxygens (including phenoxy) is 1. The fraction of sp³-hybridized carbons (Fsp3) is 0.333. The molecule has 4 rings (SSSR count). The van der Waals surface area contributed by atoms with Crippen LogP contribution in [0.15, 0.2) is 71.2 Å². The molecule has 0 saturated heterocycles. The number of aryl methyl sites for hydroxylation is 1. The van der Waals surface area contributed by atoms with E-state index in [4.69, 9.17) is 22.1 Å². The number of rotatable bonds is 4. The summed E-state index contributed by atoms with van der Waals surface area (Å²) in [5, 5.41) is 0.477. The van der Waals surface area contributed by atoms with Gasteiger partial charge in [0.15, 0.2) is 5.78 Å². The van der Waals surface area contributed by atoms with Gasteiger partial charge in [-0.05, 0) is 49.4 Å². The van der Waals surface area contributed by atoms with E-state index in [-0.39, 0.29) is 29.2 Å². The molecule has 0 fully saturated rings. The van der Waals surface area contributed by atoms with Gasteiger partial charge in [-0.1, -0.05) is 61.3 Å². The maximum atomic E-state index is 13.7. The predicted octanol–water partition coefficient (Wildman–Crippen LogP) is 5.63. The third kappa shape index (κ3) is 4.18. The van der Waals surface area contributed by atoms with Crippen LogP contribution in [0.2, 0.25) is 5.02 Å². The molecule has 0 saturated carbocycles. The molecule has 0 bridgehead atoms. The zero-order chi connectivity index (χ0) is 23.9. The summed E-state index contributed by atoms with van der Waals surface area (Å²) in [4.78, 5) is 28.8. The maximum absolute atomic E-state index is 13.7. The summed E-state index contributed by atoms with van der Waals surface area (Å²) in [6, 6.07) is 15.2. The first kappa shape index (κ1) is 23.1. The molecular formula is C27H29ClN2O3. The Bertz CT molecular complexity index is 1180. The van der Waals surface area contributed by atoms with Gasteiger partial charge in [-0.2, -0.15) is 0 Å². The molecule has 1 heterocycles. The van der Waals surface area contributed by atoms with E-state index >= 15 is 0 Å². The Labute approximate surface area is 199 Å². The molecule has 5 nitrogen and oxygen atoms in total. The molecule has 1 aliphatic heterocycles. The van der Waals surface area contributed by atoms with Gasteiger partial charge in [-0.3, -0.25) is 9.69 Å². The molecule has 0 spiro atoms. The molecule has 0 amide bonds. The molecule has 0 aromatic heterocycles. The Morgan fingerprint density at radius 2 is 1.82 bits per heavy atom. The van der Waals surface area contributed by atoms with Crippen molar-refractivity contribution in [2.45, 2.75) is 46.5 Å². The molecule has 1 atom stereocenters. The molecule has 2 N–H and O–H groups in total. The number of nitrogens with two attached hydrogens (primary N) is 1. The number of allylic oxidation sites excluding steroid dienone is 2. The zero-order valence-corrected chi connectivity index (χ0v) is 20.2. The van der Waals surface area contributed by atoms with Crippen LogP contribution in [0.1, 0.15) is 50.7 Å². The summed E-state index contributed by atoms with van der Waals surface area (Å²) in [7, 11) is 0. The Balaban J connectivity index is 2.04. The highest BCUT2D eigenvalue weighted by molar-refractivity contribution is 6.31. The average Bonchev–Trinajstić information content (AvgIpc) is 2.73. The van der Waals surface area contributed by atoms with Crippen molar-refractivity contribution in [3.05, 3.63) is 87.3 Å². The van der Waals surface area contributed by atoms with Crippen molar-refractivity contribution in [2.75, 3.05) is 11.5 Å². The number of hydrogen-bond acceptors (Lipinski definition) is 5. The lowest BCUT2D eigenvalue weighted by Gasteiger charge is -2.44. The van der Waals surface area contributed by atoms with E-state index < -0.39 is 11.9 Å².